The molecular weight excluding hydrogens is 393 g/mol. The zero-order valence-corrected chi connectivity index (χ0v) is 17.2. The number of para-hydroxylation sites is 1. The number of likely N-dealkylation sites (N-methyl/N-ethyl adjacent to an activating group) is 1. The molecule has 29 heavy (non-hydrogen) atoms. The number of anilines is 1. The van der Waals surface area contributed by atoms with E-state index in [1.54, 1.807) is 0 Å². The molecule has 0 radical (unpaired) electrons. The molecule has 156 valence electrons. The van der Waals surface area contributed by atoms with Gasteiger partial charge in [0.25, 0.3) is 0 Å². The third-order valence-corrected chi connectivity index (χ3v) is 7.03. The maximum atomic E-state index is 13.1. The van der Waals surface area contributed by atoms with Crippen LogP contribution in [-0.2, 0) is 14.8 Å². The van der Waals surface area contributed by atoms with Gasteiger partial charge in [-0.3, -0.25) is 4.79 Å². The number of carbonyl (C=O) groups excluding carboxylic acids is 1. The molecule has 0 aliphatic carbocycles. The topological polar surface area (TPSA) is 69.7 Å². The standard InChI is InChI=1S/C21H26FN3O3S/c1-24(19-7-3-2-4-8-19)15-13-23-21(26)17-6-5-14-25(16-17)29(27,28)20-11-9-18(22)10-12-20/h2-4,7-12,17H,5-6,13-16H2,1H3,(H,23,26)/t17-/m1/s1. The predicted molar refractivity (Wildman–Crippen MR) is 111 cm³/mol. The summed E-state index contributed by atoms with van der Waals surface area (Å²) in [5.41, 5.74) is 1.07. The van der Waals surface area contributed by atoms with E-state index in [1.807, 2.05) is 42.3 Å². The maximum absolute atomic E-state index is 13.1. The van der Waals surface area contributed by atoms with Crippen molar-refractivity contribution < 1.29 is 17.6 Å². The van der Waals surface area contributed by atoms with E-state index in [4.69, 9.17) is 0 Å². The van der Waals surface area contributed by atoms with E-state index in [9.17, 15) is 17.6 Å². The van der Waals surface area contributed by atoms with Gasteiger partial charge in [-0.15, -0.1) is 0 Å². The first-order valence-corrected chi connectivity index (χ1v) is 11.1. The normalized spacial score (nSPS) is 17.7. The van der Waals surface area contributed by atoms with Gasteiger partial charge in [-0.2, -0.15) is 4.31 Å². The highest BCUT2D eigenvalue weighted by Crippen LogP contribution is 2.24. The molecule has 8 heteroatoms. The molecule has 0 aromatic heterocycles. The fourth-order valence-electron chi connectivity index (χ4n) is 3.43. The summed E-state index contributed by atoms with van der Waals surface area (Å²) in [6, 6.07) is 14.7. The summed E-state index contributed by atoms with van der Waals surface area (Å²) in [5, 5.41) is 2.92. The highest BCUT2D eigenvalue weighted by Gasteiger charge is 2.33. The molecule has 1 N–H and O–H groups in total. The summed E-state index contributed by atoms with van der Waals surface area (Å²) < 4.78 is 40.0. The van der Waals surface area contributed by atoms with Gasteiger partial charge in [-0.25, -0.2) is 12.8 Å². The summed E-state index contributed by atoms with van der Waals surface area (Å²) in [5.74, 6) is -1.01. The van der Waals surface area contributed by atoms with Crippen molar-refractivity contribution in [1.29, 1.82) is 0 Å². The van der Waals surface area contributed by atoms with E-state index in [1.165, 1.54) is 16.4 Å². The Hall–Kier alpha value is -2.45. The number of nitrogens with one attached hydrogen (secondary N) is 1. The molecule has 0 unspecified atom stereocenters. The van der Waals surface area contributed by atoms with Crippen LogP contribution < -0.4 is 10.2 Å². The van der Waals surface area contributed by atoms with E-state index < -0.39 is 15.8 Å². The number of sulfonamides is 1. The minimum absolute atomic E-state index is 0.0458. The first-order chi connectivity index (χ1) is 13.9. The summed E-state index contributed by atoms with van der Waals surface area (Å²) in [4.78, 5) is 14.7. The summed E-state index contributed by atoms with van der Waals surface area (Å²) in [6.45, 7) is 1.63. The number of benzene rings is 2. The number of carbonyl (C=O) groups is 1. The van der Waals surface area contributed by atoms with Gasteiger partial charge in [-0.1, -0.05) is 18.2 Å². The van der Waals surface area contributed by atoms with Gasteiger partial charge in [0.2, 0.25) is 15.9 Å². The number of halogens is 1. The lowest BCUT2D eigenvalue weighted by molar-refractivity contribution is -0.126. The third-order valence-electron chi connectivity index (χ3n) is 5.15. The first-order valence-electron chi connectivity index (χ1n) is 9.67. The molecule has 0 bridgehead atoms. The average Bonchev–Trinajstić information content (AvgIpc) is 2.74. The average molecular weight is 420 g/mol. The number of rotatable bonds is 7. The first kappa shape index (κ1) is 21.3. The van der Waals surface area contributed by atoms with Crippen LogP contribution in [0.1, 0.15) is 12.8 Å². The number of nitrogens with zero attached hydrogens (tertiary/aromatic N) is 2. The number of piperidine rings is 1. The molecule has 1 saturated heterocycles. The molecule has 3 rings (SSSR count). The van der Waals surface area contributed by atoms with Gasteiger partial charge in [0.15, 0.2) is 0 Å². The Bertz CT molecular complexity index is 920. The van der Waals surface area contributed by atoms with Crippen molar-refractivity contribution >= 4 is 21.6 Å². The molecule has 2 aromatic carbocycles. The van der Waals surface area contributed by atoms with E-state index in [-0.39, 0.29) is 23.3 Å². The van der Waals surface area contributed by atoms with Gasteiger partial charge < -0.3 is 10.2 Å². The number of amides is 1. The largest absolute Gasteiger partial charge is 0.373 e. The van der Waals surface area contributed by atoms with Crippen LogP contribution >= 0.6 is 0 Å². The smallest absolute Gasteiger partial charge is 0.243 e. The van der Waals surface area contributed by atoms with Crippen LogP contribution in [0.15, 0.2) is 59.5 Å². The Morgan fingerprint density at radius 3 is 2.55 bits per heavy atom. The minimum Gasteiger partial charge on any atom is -0.373 e. The summed E-state index contributed by atoms with van der Waals surface area (Å²) in [6.07, 6.45) is 1.26. The molecule has 0 saturated carbocycles. The van der Waals surface area contributed by atoms with Crippen molar-refractivity contribution in [1.82, 2.24) is 9.62 Å². The van der Waals surface area contributed by atoms with Gasteiger partial charge in [0, 0.05) is 38.9 Å². The van der Waals surface area contributed by atoms with Crippen LogP contribution in [-0.4, -0.2) is 51.9 Å². The Kier molecular flexibility index (Phi) is 6.87. The highest BCUT2D eigenvalue weighted by atomic mass is 32.2. The monoisotopic (exact) mass is 419 g/mol. The Labute approximate surface area is 171 Å². The zero-order chi connectivity index (χ0) is 20.9. The Balaban J connectivity index is 1.54. The number of hydrogen-bond donors (Lipinski definition) is 1. The van der Waals surface area contributed by atoms with Crippen LogP contribution in [0.5, 0.6) is 0 Å². The third kappa shape index (κ3) is 5.33. The molecule has 1 aliphatic heterocycles. The Morgan fingerprint density at radius 1 is 1.17 bits per heavy atom. The molecular formula is C21H26FN3O3S. The summed E-state index contributed by atoms with van der Waals surface area (Å²) >= 11 is 0. The molecule has 6 nitrogen and oxygen atoms in total. The van der Waals surface area contributed by atoms with Gasteiger partial charge in [0.1, 0.15) is 5.82 Å². The SMILES string of the molecule is CN(CCNC(=O)[C@@H]1CCCN(S(=O)(=O)c2ccc(F)cc2)C1)c1ccccc1. The van der Waals surface area contributed by atoms with Crippen molar-refractivity contribution in [2.45, 2.75) is 17.7 Å². The molecule has 1 atom stereocenters. The van der Waals surface area contributed by atoms with E-state index in [2.05, 4.69) is 5.32 Å². The van der Waals surface area contributed by atoms with Crippen LogP contribution in [0, 0.1) is 11.7 Å². The van der Waals surface area contributed by atoms with Crippen LogP contribution in [0.3, 0.4) is 0 Å². The lowest BCUT2D eigenvalue weighted by Crippen LogP contribution is -2.46. The fraction of sp³-hybridized carbons (Fsp3) is 0.381. The van der Waals surface area contributed by atoms with Crippen molar-refractivity contribution in [3.8, 4) is 0 Å². The van der Waals surface area contributed by atoms with E-state index >= 15 is 0 Å². The van der Waals surface area contributed by atoms with Crippen molar-refractivity contribution in [2.24, 2.45) is 5.92 Å². The van der Waals surface area contributed by atoms with Crippen LogP contribution in [0.25, 0.3) is 0 Å². The van der Waals surface area contributed by atoms with E-state index in [0.29, 0.717) is 32.5 Å². The van der Waals surface area contributed by atoms with Crippen LogP contribution in [0.2, 0.25) is 0 Å². The van der Waals surface area contributed by atoms with Gasteiger partial charge >= 0.3 is 0 Å². The van der Waals surface area contributed by atoms with Crippen LogP contribution in [0.4, 0.5) is 10.1 Å². The van der Waals surface area contributed by atoms with Crippen molar-refractivity contribution in [3.05, 3.63) is 60.4 Å². The lowest BCUT2D eigenvalue weighted by Gasteiger charge is -2.31. The van der Waals surface area contributed by atoms with E-state index in [0.717, 1.165) is 17.8 Å². The van der Waals surface area contributed by atoms with Crippen molar-refractivity contribution in [2.75, 3.05) is 38.1 Å². The van der Waals surface area contributed by atoms with Gasteiger partial charge in [0.05, 0.1) is 10.8 Å². The van der Waals surface area contributed by atoms with Gasteiger partial charge in [-0.05, 0) is 49.2 Å². The van der Waals surface area contributed by atoms with Crippen molar-refractivity contribution in [3.63, 3.8) is 0 Å². The second-order valence-corrected chi connectivity index (χ2v) is 9.14. The molecule has 1 fully saturated rings. The molecule has 1 heterocycles. The second-order valence-electron chi connectivity index (χ2n) is 7.20. The molecule has 0 spiro atoms. The lowest BCUT2D eigenvalue weighted by atomic mass is 9.99. The number of hydrogen-bond acceptors (Lipinski definition) is 4. The second kappa shape index (κ2) is 9.37. The predicted octanol–water partition coefficient (Wildman–Crippen LogP) is 2.48. The fourth-order valence-corrected chi connectivity index (χ4v) is 4.96. The molecule has 1 amide bonds. The Morgan fingerprint density at radius 2 is 1.86 bits per heavy atom. The highest BCUT2D eigenvalue weighted by molar-refractivity contribution is 7.89. The quantitative estimate of drug-likeness (QED) is 0.749. The molecule has 1 aliphatic rings. The molecule has 2 aromatic rings. The minimum atomic E-state index is -3.74. The summed E-state index contributed by atoms with van der Waals surface area (Å²) in [7, 11) is -1.78. The maximum Gasteiger partial charge on any atom is 0.243 e. The zero-order valence-electron chi connectivity index (χ0n) is 16.4.